The van der Waals surface area contributed by atoms with Crippen LogP contribution in [0.5, 0.6) is 5.75 Å². The zero-order valence-electron chi connectivity index (χ0n) is 8.13. The van der Waals surface area contributed by atoms with E-state index in [1.54, 1.807) is 7.11 Å². The van der Waals surface area contributed by atoms with Crippen LogP contribution in [-0.4, -0.2) is 26.7 Å². The molecule has 0 amide bonds. The molecule has 0 radical (unpaired) electrons. The minimum atomic E-state index is 0.555. The molecule has 2 nitrogen and oxygen atoms in total. The second kappa shape index (κ2) is 5.05. The van der Waals surface area contributed by atoms with Gasteiger partial charge in [0.05, 0.1) is 0 Å². The Morgan fingerprint density at radius 1 is 1.31 bits per heavy atom. The van der Waals surface area contributed by atoms with Gasteiger partial charge in [-0.05, 0) is 0 Å². The number of benzene rings is 1. The minimum absolute atomic E-state index is 0.555. The first kappa shape index (κ1) is 10.3. The van der Waals surface area contributed by atoms with E-state index in [0.717, 1.165) is 11.4 Å². The van der Waals surface area contributed by atoms with Gasteiger partial charge in [0.25, 0.3) is 0 Å². The first-order chi connectivity index (χ1) is 6.26. The van der Waals surface area contributed by atoms with E-state index in [0.29, 0.717) is 15.0 Å². The molecular formula is C10H14NOSe+. The van der Waals surface area contributed by atoms with E-state index < -0.39 is 0 Å². The number of hydrogen-bond acceptors (Lipinski definition) is 1. The fraction of sp³-hybridized carbons (Fsp3) is 0.300. The third kappa shape index (κ3) is 3.21. The van der Waals surface area contributed by atoms with Crippen LogP contribution in [0.3, 0.4) is 0 Å². The quantitative estimate of drug-likeness (QED) is 0.609. The summed E-state index contributed by atoms with van der Waals surface area (Å²) in [5.74, 6) is 3.09. The molecule has 1 N–H and O–H groups in total. The Morgan fingerprint density at radius 3 is 2.38 bits per heavy atom. The average molecular weight is 243 g/mol. The van der Waals surface area contributed by atoms with Crippen molar-refractivity contribution < 1.29 is 9.73 Å². The van der Waals surface area contributed by atoms with Crippen LogP contribution in [0, 0.1) is 0 Å². The van der Waals surface area contributed by atoms with Crippen LogP contribution in [0.15, 0.2) is 24.3 Å². The van der Waals surface area contributed by atoms with Crippen molar-refractivity contribution in [2.75, 3.05) is 7.11 Å². The molecule has 0 aromatic heterocycles. The second-order valence-corrected chi connectivity index (χ2v) is 4.76. The zero-order valence-corrected chi connectivity index (χ0v) is 9.84. The number of nitrogens with one attached hydrogen (secondary N) is 1. The summed E-state index contributed by atoms with van der Waals surface area (Å²) < 4.78 is 6.40. The fourth-order valence-corrected chi connectivity index (χ4v) is 1.39. The summed E-state index contributed by atoms with van der Waals surface area (Å²) in [6.45, 7) is 2.12. The number of rotatable bonds is 3. The third-order valence-electron chi connectivity index (χ3n) is 1.72. The van der Waals surface area contributed by atoms with Crippen LogP contribution >= 0.6 is 0 Å². The van der Waals surface area contributed by atoms with Crippen LogP contribution in [0.1, 0.15) is 6.92 Å². The normalized spacial score (nSPS) is 11.5. The SMILES string of the molecule is COc1ccc([NH+]=C(C)[Se]C)cc1. The number of hydrogen-bond donors (Lipinski definition) is 1. The molecule has 0 aliphatic carbocycles. The summed E-state index contributed by atoms with van der Waals surface area (Å²) in [6, 6.07) is 7.96. The van der Waals surface area contributed by atoms with Crippen molar-refractivity contribution in [2.45, 2.75) is 12.7 Å². The first-order valence-electron chi connectivity index (χ1n) is 4.05. The van der Waals surface area contributed by atoms with Crippen molar-refractivity contribution >= 4 is 25.3 Å². The Labute approximate surface area is 85.2 Å². The summed E-state index contributed by atoms with van der Waals surface area (Å²) in [7, 11) is 1.68. The predicted octanol–water partition coefficient (Wildman–Crippen LogP) is 0.578. The molecule has 1 aromatic carbocycles. The Balaban J connectivity index is 2.80. The molecule has 0 heterocycles. The summed E-state index contributed by atoms with van der Waals surface area (Å²) >= 11 is 0.555. The van der Waals surface area contributed by atoms with Crippen molar-refractivity contribution in [3.8, 4) is 5.75 Å². The van der Waals surface area contributed by atoms with Crippen molar-refractivity contribution in [1.82, 2.24) is 0 Å². The Hall–Kier alpha value is -0.791. The number of ether oxygens (including phenoxy) is 1. The van der Waals surface area contributed by atoms with E-state index in [-0.39, 0.29) is 0 Å². The molecule has 0 aliphatic rings. The van der Waals surface area contributed by atoms with Crippen molar-refractivity contribution in [2.24, 2.45) is 0 Å². The van der Waals surface area contributed by atoms with Gasteiger partial charge in [-0.2, -0.15) is 0 Å². The topological polar surface area (TPSA) is 23.2 Å². The van der Waals surface area contributed by atoms with Crippen molar-refractivity contribution in [3.63, 3.8) is 0 Å². The summed E-state index contributed by atoms with van der Waals surface area (Å²) in [5.41, 5.74) is 1.13. The first-order valence-corrected chi connectivity index (χ1v) is 6.62. The molecule has 3 heteroatoms. The van der Waals surface area contributed by atoms with E-state index in [1.165, 1.54) is 4.61 Å². The molecule has 0 atom stereocenters. The summed E-state index contributed by atoms with van der Waals surface area (Å²) in [4.78, 5) is 3.33. The molecule has 0 fully saturated rings. The fourth-order valence-electron chi connectivity index (χ4n) is 0.929. The van der Waals surface area contributed by atoms with Crippen LogP contribution in [0.2, 0.25) is 5.82 Å². The van der Waals surface area contributed by atoms with Crippen molar-refractivity contribution in [1.29, 1.82) is 0 Å². The molecule has 0 saturated carbocycles. The number of methoxy groups -OCH3 is 1. The van der Waals surface area contributed by atoms with Crippen molar-refractivity contribution in [3.05, 3.63) is 24.3 Å². The molecule has 0 saturated heterocycles. The van der Waals surface area contributed by atoms with E-state index in [4.69, 9.17) is 4.74 Å². The maximum atomic E-state index is 5.07. The summed E-state index contributed by atoms with van der Waals surface area (Å²) in [6.07, 6.45) is 0. The van der Waals surface area contributed by atoms with Gasteiger partial charge in [-0.1, -0.05) is 0 Å². The molecule has 13 heavy (non-hydrogen) atoms. The van der Waals surface area contributed by atoms with E-state index in [1.807, 2.05) is 24.3 Å². The van der Waals surface area contributed by atoms with Crippen LogP contribution in [0.25, 0.3) is 0 Å². The molecular weight excluding hydrogens is 229 g/mol. The molecule has 0 aliphatic heterocycles. The Morgan fingerprint density at radius 2 is 1.92 bits per heavy atom. The zero-order chi connectivity index (χ0) is 9.68. The van der Waals surface area contributed by atoms with Gasteiger partial charge in [0, 0.05) is 0 Å². The Kier molecular flexibility index (Phi) is 4.00. The average Bonchev–Trinajstić information content (AvgIpc) is 2.19. The molecule has 0 bridgehead atoms. The standard InChI is InChI=1S/C10H13NOSe/c1-8(13-3)11-9-4-6-10(12-2)7-5-9/h4-7H,1-3H3/p+1. The molecule has 1 rings (SSSR count). The monoisotopic (exact) mass is 244 g/mol. The second-order valence-electron chi connectivity index (χ2n) is 2.61. The Bertz CT molecular complexity index is 292. The van der Waals surface area contributed by atoms with E-state index >= 15 is 0 Å². The van der Waals surface area contributed by atoms with Gasteiger partial charge < -0.3 is 0 Å². The molecule has 0 unspecified atom stereocenters. The van der Waals surface area contributed by atoms with Gasteiger partial charge >= 0.3 is 84.9 Å². The van der Waals surface area contributed by atoms with Gasteiger partial charge in [-0.3, -0.25) is 0 Å². The van der Waals surface area contributed by atoms with Gasteiger partial charge in [0.1, 0.15) is 0 Å². The molecule has 1 aromatic rings. The summed E-state index contributed by atoms with van der Waals surface area (Å²) in [5, 5.41) is 0. The van der Waals surface area contributed by atoms with Crippen LogP contribution in [-0.2, 0) is 0 Å². The van der Waals surface area contributed by atoms with E-state index in [9.17, 15) is 0 Å². The molecule has 70 valence electrons. The van der Waals surface area contributed by atoms with Gasteiger partial charge in [0.2, 0.25) is 0 Å². The van der Waals surface area contributed by atoms with Crippen LogP contribution < -0.4 is 9.73 Å². The maximum absolute atomic E-state index is 5.07. The third-order valence-corrected chi connectivity index (χ3v) is 3.22. The van der Waals surface area contributed by atoms with Gasteiger partial charge in [-0.15, -0.1) is 0 Å². The molecule has 0 spiro atoms. The predicted molar refractivity (Wildman–Crippen MR) is 55.9 cm³/mol. The van der Waals surface area contributed by atoms with E-state index in [2.05, 4.69) is 17.7 Å². The van der Waals surface area contributed by atoms with Crippen LogP contribution in [0.4, 0.5) is 5.69 Å². The van der Waals surface area contributed by atoms with Gasteiger partial charge in [0.15, 0.2) is 0 Å². The van der Waals surface area contributed by atoms with Gasteiger partial charge in [-0.25, -0.2) is 0 Å².